The van der Waals surface area contributed by atoms with Gasteiger partial charge in [-0.05, 0) is 30.9 Å². The van der Waals surface area contributed by atoms with Crippen LogP contribution in [0.5, 0.6) is 0 Å². The zero-order chi connectivity index (χ0) is 14.8. The van der Waals surface area contributed by atoms with Gasteiger partial charge < -0.3 is 5.32 Å². The Morgan fingerprint density at radius 2 is 2.30 bits per heavy atom. The molecule has 2 heterocycles. The molecular formula is C16H26ClN3. The van der Waals surface area contributed by atoms with Crippen molar-refractivity contribution in [3.05, 3.63) is 29.0 Å². The maximum Gasteiger partial charge on any atom is 0.0634 e. The van der Waals surface area contributed by atoms with Crippen LogP contribution in [0.2, 0.25) is 5.02 Å². The van der Waals surface area contributed by atoms with Crippen LogP contribution >= 0.6 is 11.6 Å². The Balaban J connectivity index is 2.18. The van der Waals surface area contributed by atoms with Gasteiger partial charge in [0.05, 0.1) is 5.02 Å². The Kier molecular flexibility index (Phi) is 5.05. The molecule has 0 saturated carbocycles. The number of piperazine rings is 1. The summed E-state index contributed by atoms with van der Waals surface area (Å²) in [5.74, 6) is 0.645. The van der Waals surface area contributed by atoms with Gasteiger partial charge in [0.1, 0.15) is 0 Å². The van der Waals surface area contributed by atoms with E-state index in [0.717, 1.165) is 31.1 Å². The fourth-order valence-corrected chi connectivity index (χ4v) is 2.95. The number of nitrogens with zero attached hydrogens (tertiary/aromatic N) is 2. The van der Waals surface area contributed by atoms with E-state index in [4.69, 9.17) is 11.6 Å². The fourth-order valence-electron chi connectivity index (χ4n) is 2.77. The summed E-state index contributed by atoms with van der Waals surface area (Å²) in [5, 5.41) is 4.47. The Bertz CT molecular complexity index is 449. The third-order valence-corrected chi connectivity index (χ3v) is 5.05. The number of rotatable bonds is 4. The van der Waals surface area contributed by atoms with Crippen molar-refractivity contribution < 1.29 is 0 Å². The standard InChI is InChI=1S/C16H26ClN3/c1-5-16(4)11-19-15(12(2)3)10-20(16)9-13-6-7-18-8-14(13)17/h6-8,12,15,19H,5,9-11H2,1-4H3. The maximum absolute atomic E-state index is 6.27. The molecule has 1 aromatic heterocycles. The van der Waals surface area contributed by atoms with E-state index in [1.54, 1.807) is 6.20 Å². The van der Waals surface area contributed by atoms with Gasteiger partial charge in [0, 0.05) is 43.6 Å². The first-order valence-electron chi connectivity index (χ1n) is 7.53. The van der Waals surface area contributed by atoms with Crippen molar-refractivity contribution >= 4 is 11.6 Å². The summed E-state index contributed by atoms with van der Waals surface area (Å²) in [6.45, 7) is 12.2. The molecule has 1 aliphatic heterocycles. The summed E-state index contributed by atoms with van der Waals surface area (Å²) >= 11 is 6.27. The van der Waals surface area contributed by atoms with E-state index >= 15 is 0 Å². The van der Waals surface area contributed by atoms with Gasteiger partial charge >= 0.3 is 0 Å². The predicted octanol–water partition coefficient (Wildman–Crippen LogP) is 3.33. The van der Waals surface area contributed by atoms with Crippen LogP contribution in [0.4, 0.5) is 0 Å². The first-order chi connectivity index (χ1) is 9.46. The Labute approximate surface area is 127 Å². The summed E-state index contributed by atoms with van der Waals surface area (Å²) in [6, 6.07) is 2.58. The van der Waals surface area contributed by atoms with Crippen LogP contribution in [0.25, 0.3) is 0 Å². The monoisotopic (exact) mass is 295 g/mol. The minimum Gasteiger partial charge on any atom is -0.311 e. The smallest absolute Gasteiger partial charge is 0.0634 e. The molecule has 0 radical (unpaired) electrons. The lowest BCUT2D eigenvalue weighted by Gasteiger charge is -2.49. The number of hydrogen-bond acceptors (Lipinski definition) is 3. The van der Waals surface area contributed by atoms with E-state index in [2.05, 4.69) is 42.9 Å². The molecule has 0 aliphatic carbocycles. The normalized spacial score (nSPS) is 28.0. The van der Waals surface area contributed by atoms with Crippen molar-refractivity contribution in [2.24, 2.45) is 5.92 Å². The van der Waals surface area contributed by atoms with Crippen molar-refractivity contribution in [2.45, 2.75) is 52.2 Å². The zero-order valence-electron chi connectivity index (χ0n) is 13.0. The molecule has 1 fully saturated rings. The minimum absolute atomic E-state index is 0.192. The number of nitrogens with one attached hydrogen (secondary N) is 1. The minimum atomic E-state index is 0.192. The molecule has 2 unspecified atom stereocenters. The summed E-state index contributed by atoms with van der Waals surface area (Å²) in [5.41, 5.74) is 1.36. The Hall–Kier alpha value is -0.640. The molecule has 2 rings (SSSR count). The summed E-state index contributed by atoms with van der Waals surface area (Å²) in [4.78, 5) is 6.65. The van der Waals surface area contributed by atoms with Crippen molar-refractivity contribution in [1.82, 2.24) is 15.2 Å². The summed E-state index contributed by atoms with van der Waals surface area (Å²) < 4.78 is 0. The summed E-state index contributed by atoms with van der Waals surface area (Å²) in [7, 11) is 0. The number of pyridine rings is 1. The lowest BCUT2D eigenvalue weighted by molar-refractivity contribution is 0.0317. The van der Waals surface area contributed by atoms with Crippen LogP contribution in [0, 0.1) is 5.92 Å². The first kappa shape index (κ1) is 15.7. The van der Waals surface area contributed by atoms with Gasteiger partial charge in [-0.15, -0.1) is 0 Å². The molecule has 20 heavy (non-hydrogen) atoms. The lowest BCUT2D eigenvalue weighted by atomic mass is 9.89. The van der Waals surface area contributed by atoms with E-state index in [0.29, 0.717) is 12.0 Å². The highest BCUT2D eigenvalue weighted by molar-refractivity contribution is 6.31. The van der Waals surface area contributed by atoms with Crippen LogP contribution in [-0.4, -0.2) is 34.6 Å². The molecule has 1 aliphatic rings. The second-order valence-corrected chi connectivity index (χ2v) is 6.84. The number of halogens is 1. The highest BCUT2D eigenvalue weighted by Crippen LogP contribution is 2.28. The van der Waals surface area contributed by atoms with Crippen molar-refractivity contribution in [1.29, 1.82) is 0 Å². The van der Waals surface area contributed by atoms with Crippen LogP contribution < -0.4 is 5.32 Å². The first-order valence-corrected chi connectivity index (χ1v) is 7.91. The molecular weight excluding hydrogens is 270 g/mol. The predicted molar refractivity (Wildman–Crippen MR) is 85.0 cm³/mol. The van der Waals surface area contributed by atoms with Gasteiger partial charge in [-0.2, -0.15) is 0 Å². The SMILES string of the molecule is CCC1(C)CNC(C(C)C)CN1Cc1ccncc1Cl. The molecule has 112 valence electrons. The van der Waals surface area contributed by atoms with Crippen LogP contribution in [0.1, 0.15) is 39.7 Å². The van der Waals surface area contributed by atoms with Gasteiger partial charge in [0.15, 0.2) is 0 Å². The van der Waals surface area contributed by atoms with Gasteiger partial charge in [-0.3, -0.25) is 9.88 Å². The van der Waals surface area contributed by atoms with Gasteiger partial charge in [0.25, 0.3) is 0 Å². The van der Waals surface area contributed by atoms with Crippen LogP contribution in [0.15, 0.2) is 18.5 Å². The van der Waals surface area contributed by atoms with Crippen LogP contribution in [-0.2, 0) is 6.54 Å². The average molecular weight is 296 g/mol. The molecule has 0 bridgehead atoms. The van der Waals surface area contributed by atoms with Crippen molar-refractivity contribution in [3.63, 3.8) is 0 Å². The fraction of sp³-hybridized carbons (Fsp3) is 0.688. The Morgan fingerprint density at radius 3 is 2.90 bits per heavy atom. The molecule has 2 atom stereocenters. The largest absolute Gasteiger partial charge is 0.311 e. The molecule has 0 amide bonds. The molecule has 3 nitrogen and oxygen atoms in total. The molecule has 0 aromatic carbocycles. The topological polar surface area (TPSA) is 28.2 Å². The zero-order valence-corrected chi connectivity index (χ0v) is 13.7. The quantitative estimate of drug-likeness (QED) is 0.923. The Morgan fingerprint density at radius 1 is 1.55 bits per heavy atom. The third kappa shape index (κ3) is 3.33. The average Bonchev–Trinajstić information content (AvgIpc) is 2.43. The molecule has 1 N–H and O–H groups in total. The van der Waals surface area contributed by atoms with Gasteiger partial charge in [-0.1, -0.05) is 32.4 Å². The molecule has 1 saturated heterocycles. The number of aromatic nitrogens is 1. The third-order valence-electron chi connectivity index (χ3n) is 4.71. The van der Waals surface area contributed by atoms with Crippen molar-refractivity contribution in [2.75, 3.05) is 13.1 Å². The second kappa shape index (κ2) is 6.42. The maximum atomic E-state index is 6.27. The molecule has 0 spiro atoms. The lowest BCUT2D eigenvalue weighted by Crippen LogP contribution is -2.63. The van der Waals surface area contributed by atoms with E-state index in [-0.39, 0.29) is 5.54 Å². The van der Waals surface area contributed by atoms with E-state index < -0.39 is 0 Å². The van der Waals surface area contributed by atoms with Gasteiger partial charge in [0.2, 0.25) is 0 Å². The van der Waals surface area contributed by atoms with Crippen molar-refractivity contribution in [3.8, 4) is 0 Å². The summed E-state index contributed by atoms with van der Waals surface area (Å²) in [6.07, 6.45) is 4.70. The van der Waals surface area contributed by atoms with E-state index in [1.807, 2.05) is 12.3 Å². The molecule has 4 heteroatoms. The van der Waals surface area contributed by atoms with Crippen LogP contribution in [0.3, 0.4) is 0 Å². The highest BCUT2D eigenvalue weighted by atomic mass is 35.5. The van der Waals surface area contributed by atoms with Gasteiger partial charge in [-0.25, -0.2) is 0 Å². The second-order valence-electron chi connectivity index (χ2n) is 6.43. The highest BCUT2D eigenvalue weighted by Gasteiger charge is 2.37. The number of hydrogen-bond donors (Lipinski definition) is 1. The van der Waals surface area contributed by atoms with E-state index in [1.165, 1.54) is 5.56 Å². The molecule has 1 aromatic rings. The van der Waals surface area contributed by atoms with E-state index in [9.17, 15) is 0 Å².